The number of rotatable bonds is 4. The zero-order chi connectivity index (χ0) is 17.2. The van der Waals surface area contributed by atoms with Crippen molar-refractivity contribution < 1.29 is 4.74 Å². The van der Waals surface area contributed by atoms with Crippen LogP contribution in [0, 0.1) is 0 Å². The highest BCUT2D eigenvalue weighted by Crippen LogP contribution is 2.36. The number of fused-ring (bicyclic) bond motifs is 1. The van der Waals surface area contributed by atoms with Crippen molar-refractivity contribution >= 4 is 0 Å². The molecular weight excluding hydrogens is 312 g/mol. The molecule has 0 fully saturated rings. The van der Waals surface area contributed by atoms with Gasteiger partial charge in [0, 0.05) is 36.1 Å². The van der Waals surface area contributed by atoms with Crippen molar-refractivity contribution in [2.45, 2.75) is 32.5 Å². The largest absolute Gasteiger partial charge is 0.497 e. The Kier molecular flexibility index (Phi) is 4.24. The van der Waals surface area contributed by atoms with Crippen molar-refractivity contribution in [2.24, 2.45) is 0 Å². The molecule has 2 aromatic heterocycles. The number of benzene rings is 1. The minimum atomic E-state index is 0.474. The highest BCUT2D eigenvalue weighted by molar-refractivity contribution is 5.83. The topological polar surface area (TPSA) is 52.0 Å². The van der Waals surface area contributed by atoms with E-state index in [9.17, 15) is 0 Å². The molecule has 3 heterocycles. The minimum Gasteiger partial charge on any atom is -0.497 e. The van der Waals surface area contributed by atoms with Crippen molar-refractivity contribution in [2.75, 3.05) is 7.11 Å². The van der Waals surface area contributed by atoms with Crippen LogP contribution in [0.3, 0.4) is 0 Å². The number of ether oxygens (including phenoxy) is 1. The number of hydrogen-bond acceptors (Lipinski definition) is 4. The van der Waals surface area contributed by atoms with Crippen LogP contribution in [0.5, 0.6) is 5.75 Å². The Bertz CT molecular complexity index is 855. The maximum atomic E-state index is 5.29. The molecular formula is C20H22N4O. The van der Waals surface area contributed by atoms with E-state index in [0.717, 1.165) is 42.1 Å². The first-order valence-corrected chi connectivity index (χ1v) is 8.68. The molecule has 128 valence electrons. The standard InChI is InChI=1S/C20H22N4O/c1-3-16-13-24-18(12-22-16)19(14-8-10-21-11-9-14)20(23-24)15-4-6-17(25-2)7-5-15/h4-11,16,22H,3,12-13H2,1-2H3. The zero-order valence-electron chi connectivity index (χ0n) is 14.6. The van der Waals surface area contributed by atoms with Crippen LogP contribution in [0.4, 0.5) is 0 Å². The third-order valence-corrected chi connectivity index (χ3v) is 4.83. The molecule has 0 radical (unpaired) electrons. The van der Waals surface area contributed by atoms with Crippen molar-refractivity contribution in [1.82, 2.24) is 20.1 Å². The van der Waals surface area contributed by atoms with E-state index in [1.54, 1.807) is 7.11 Å². The lowest BCUT2D eigenvalue weighted by Crippen LogP contribution is -2.38. The molecule has 0 saturated heterocycles. The third-order valence-electron chi connectivity index (χ3n) is 4.83. The molecule has 5 nitrogen and oxygen atoms in total. The van der Waals surface area contributed by atoms with Crippen LogP contribution in [0.1, 0.15) is 19.0 Å². The Balaban J connectivity index is 1.86. The van der Waals surface area contributed by atoms with E-state index >= 15 is 0 Å². The average molecular weight is 334 g/mol. The first kappa shape index (κ1) is 15.8. The molecule has 0 amide bonds. The predicted molar refractivity (Wildman–Crippen MR) is 98.4 cm³/mol. The van der Waals surface area contributed by atoms with E-state index in [1.807, 2.05) is 24.5 Å². The Labute approximate surface area is 147 Å². The summed E-state index contributed by atoms with van der Waals surface area (Å²) in [5.41, 5.74) is 5.69. The Morgan fingerprint density at radius 1 is 1.12 bits per heavy atom. The fourth-order valence-corrected chi connectivity index (χ4v) is 3.39. The summed E-state index contributed by atoms with van der Waals surface area (Å²) in [5, 5.41) is 8.59. The first-order valence-electron chi connectivity index (χ1n) is 8.68. The van der Waals surface area contributed by atoms with Gasteiger partial charge in [0.15, 0.2) is 0 Å². The van der Waals surface area contributed by atoms with Crippen molar-refractivity contribution in [3.05, 3.63) is 54.5 Å². The van der Waals surface area contributed by atoms with Gasteiger partial charge in [0.25, 0.3) is 0 Å². The average Bonchev–Trinajstić information content (AvgIpc) is 3.07. The third kappa shape index (κ3) is 2.91. The molecule has 0 aliphatic carbocycles. The van der Waals surface area contributed by atoms with Crippen LogP contribution in [0.25, 0.3) is 22.4 Å². The van der Waals surface area contributed by atoms with E-state index in [4.69, 9.17) is 9.84 Å². The van der Waals surface area contributed by atoms with E-state index in [0.29, 0.717) is 6.04 Å². The van der Waals surface area contributed by atoms with Gasteiger partial charge in [-0.2, -0.15) is 5.10 Å². The second-order valence-electron chi connectivity index (χ2n) is 6.30. The van der Waals surface area contributed by atoms with Crippen molar-refractivity contribution in [3.8, 4) is 28.1 Å². The van der Waals surface area contributed by atoms with Gasteiger partial charge < -0.3 is 10.1 Å². The van der Waals surface area contributed by atoms with Gasteiger partial charge in [0.2, 0.25) is 0 Å². The molecule has 3 aromatic rings. The zero-order valence-corrected chi connectivity index (χ0v) is 14.6. The normalized spacial score (nSPS) is 16.5. The summed E-state index contributed by atoms with van der Waals surface area (Å²) >= 11 is 0. The highest BCUT2D eigenvalue weighted by atomic mass is 16.5. The summed E-state index contributed by atoms with van der Waals surface area (Å²) < 4.78 is 7.45. The van der Waals surface area contributed by atoms with Gasteiger partial charge in [-0.3, -0.25) is 9.67 Å². The number of nitrogens with one attached hydrogen (secondary N) is 1. The Hall–Kier alpha value is -2.66. The van der Waals surface area contributed by atoms with Gasteiger partial charge in [-0.05, 0) is 48.4 Å². The molecule has 5 heteroatoms. The van der Waals surface area contributed by atoms with Gasteiger partial charge in [-0.15, -0.1) is 0 Å². The van der Waals surface area contributed by atoms with E-state index in [1.165, 1.54) is 11.3 Å². The maximum absolute atomic E-state index is 5.29. The van der Waals surface area contributed by atoms with Gasteiger partial charge in [0.1, 0.15) is 11.4 Å². The molecule has 1 aliphatic heterocycles. The second kappa shape index (κ2) is 6.69. The van der Waals surface area contributed by atoms with E-state index in [2.05, 4.69) is 46.2 Å². The molecule has 1 aromatic carbocycles. The van der Waals surface area contributed by atoms with Crippen LogP contribution in [-0.4, -0.2) is 27.9 Å². The molecule has 1 N–H and O–H groups in total. The van der Waals surface area contributed by atoms with Crippen LogP contribution in [0.15, 0.2) is 48.8 Å². The molecule has 0 spiro atoms. The summed E-state index contributed by atoms with van der Waals surface area (Å²) in [6.45, 7) is 3.94. The van der Waals surface area contributed by atoms with E-state index in [-0.39, 0.29) is 0 Å². The summed E-state index contributed by atoms with van der Waals surface area (Å²) in [5.74, 6) is 0.853. The second-order valence-corrected chi connectivity index (χ2v) is 6.30. The Morgan fingerprint density at radius 2 is 1.88 bits per heavy atom. The predicted octanol–water partition coefficient (Wildman–Crippen LogP) is 3.50. The highest BCUT2D eigenvalue weighted by Gasteiger charge is 2.25. The Morgan fingerprint density at radius 3 is 2.56 bits per heavy atom. The minimum absolute atomic E-state index is 0.474. The lowest BCUT2D eigenvalue weighted by molar-refractivity contribution is 0.361. The number of methoxy groups -OCH3 is 1. The monoisotopic (exact) mass is 334 g/mol. The fourth-order valence-electron chi connectivity index (χ4n) is 3.39. The summed E-state index contributed by atoms with van der Waals surface area (Å²) in [4.78, 5) is 4.16. The van der Waals surface area contributed by atoms with Crippen molar-refractivity contribution in [3.63, 3.8) is 0 Å². The van der Waals surface area contributed by atoms with Crippen LogP contribution >= 0.6 is 0 Å². The number of nitrogens with zero attached hydrogens (tertiary/aromatic N) is 3. The van der Waals surface area contributed by atoms with E-state index < -0.39 is 0 Å². The molecule has 25 heavy (non-hydrogen) atoms. The van der Waals surface area contributed by atoms with Crippen LogP contribution in [0.2, 0.25) is 0 Å². The quantitative estimate of drug-likeness (QED) is 0.793. The number of aromatic nitrogens is 3. The van der Waals surface area contributed by atoms with Crippen molar-refractivity contribution in [1.29, 1.82) is 0 Å². The van der Waals surface area contributed by atoms with Gasteiger partial charge in [0.05, 0.1) is 19.3 Å². The molecule has 4 rings (SSSR count). The lowest BCUT2D eigenvalue weighted by Gasteiger charge is -2.24. The smallest absolute Gasteiger partial charge is 0.118 e. The van der Waals surface area contributed by atoms with Gasteiger partial charge >= 0.3 is 0 Å². The number of pyridine rings is 1. The molecule has 1 aliphatic rings. The summed E-state index contributed by atoms with van der Waals surface area (Å²) in [7, 11) is 1.68. The van der Waals surface area contributed by atoms with Gasteiger partial charge in [-0.1, -0.05) is 6.92 Å². The maximum Gasteiger partial charge on any atom is 0.118 e. The first-order chi connectivity index (χ1) is 12.3. The molecule has 1 atom stereocenters. The SMILES string of the molecule is CCC1Cn2nc(-c3ccc(OC)cc3)c(-c3ccncc3)c2CN1. The summed E-state index contributed by atoms with van der Waals surface area (Å²) in [6.07, 6.45) is 4.77. The lowest BCUT2D eigenvalue weighted by atomic mass is 9.98. The fraction of sp³-hybridized carbons (Fsp3) is 0.300. The number of hydrogen-bond donors (Lipinski definition) is 1. The van der Waals surface area contributed by atoms with Crippen LogP contribution in [-0.2, 0) is 13.1 Å². The molecule has 0 bridgehead atoms. The summed E-state index contributed by atoms with van der Waals surface area (Å²) in [6, 6.07) is 12.7. The molecule has 0 saturated carbocycles. The van der Waals surface area contributed by atoms with Crippen LogP contribution < -0.4 is 10.1 Å². The molecule has 1 unspecified atom stereocenters. The van der Waals surface area contributed by atoms with Gasteiger partial charge in [-0.25, -0.2) is 0 Å².